The van der Waals surface area contributed by atoms with Crippen LogP contribution in [0.25, 0.3) is 0 Å². The number of amides is 1. The quantitative estimate of drug-likeness (QED) is 0.848. The predicted octanol–water partition coefficient (Wildman–Crippen LogP) is 2.91. The Bertz CT molecular complexity index is 362. The highest BCUT2D eigenvalue weighted by atomic mass is 35.5. The van der Waals surface area contributed by atoms with Gasteiger partial charge in [-0.05, 0) is 37.1 Å². The summed E-state index contributed by atoms with van der Waals surface area (Å²) < 4.78 is 0. The lowest BCUT2D eigenvalue weighted by atomic mass is 10.1. The Morgan fingerprint density at radius 1 is 1.24 bits per heavy atom. The lowest BCUT2D eigenvalue weighted by Crippen LogP contribution is -2.37. The van der Waals surface area contributed by atoms with Crippen molar-refractivity contribution in [2.75, 3.05) is 11.9 Å². The zero-order chi connectivity index (χ0) is 12.8. The van der Waals surface area contributed by atoms with E-state index in [2.05, 4.69) is 31.4 Å². The van der Waals surface area contributed by atoms with Crippen LogP contribution in [-0.2, 0) is 4.79 Å². The van der Waals surface area contributed by atoms with Crippen LogP contribution in [0, 0.1) is 5.92 Å². The molecule has 0 aliphatic carbocycles. The molecule has 0 saturated carbocycles. The van der Waals surface area contributed by atoms with Gasteiger partial charge in [-0.1, -0.05) is 25.4 Å². The molecule has 0 aliphatic rings. The third-order valence-electron chi connectivity index (χ3n) is 2.71. The number of nitrogens with one attached hydrogen (secondary N) is 2. The molecule has 1 amide bonds. The molecule has 2 N–H and O–H groups in total. The Kier molecular flexibility index (Phi) is 5.45. The Balaban J connectivity index is 2.37. The van der Waals surface area contributed by atoms with Crippen LogP contribution in [0.1, 0.15) is 20.8 Å². The molecule has 4 heteroatoms. The third kappa shape index (κ3) is 5.20. The van der Waals surface area contributed by atoms with Gasteiger partial charge in [0.05, 0.1) is 6.54 Å². The second-order valence-electron chi connectivity index (χ2n) is 4.47. The van der Waals surface area contributed by atoms with E-state index in [1.165, 1.54) is 0 Å². The first-order valence-corrected chi connectivity index (χ1v) is 6.15. The maximum atomic E-state index is 11.6. The van der Waals surface area contributed by atoms with Crippen molar-refractivity contribution in [3.05, 3.63) is 29.3 Å². The minimum Gasteiger partial charge on any atom is -0.325 e. The van der Waals surface area contributed by atoms with Gasteiger partial charge in [0.15, 0.2) is 0 Å². The zero-order valence-electron chi connectivity index (χ0n) is 10.5. The van der Waals surface area contributed by atoms with Crippen molar-refractivity contribution in [3.63, 3.8) is 0 Å². The summed E-state index contributed by atoms with van der Waals surface area (Å²) >= 11 is 5.76. The number of hydrogen-bond donors (Lipinski definition) is 2. The highest BCUT2D eigenvalue weighted by Gasteiger charge is 2.08. The monoisotopic (exact) mass is 254 g/mol. The molecule has 0 spiro atoms. The van der Waals surface area contributed by atoms with E-state index in [0.717, 1.165) is 5.69 Å². The van der Waals surface area contributed by atoms with Gasteiger partial charge in [0.2, 0.25) is 5.91 Å². The Hall–Kier alpha value is -1.06. The fourth-order valence-corrected chi connectivity index (χ4v) is 1.35. The van der Waals surface area contributed by atoms with E-state index in [9.17, 15) is 4.79 Å². The average Bonchev–Trinajstić information content (AvgIpc) is 2.29. The summed E-state index contributed by atoms with van der Waals surface area (Å²) in [5, 5.41) is 6.64. The van der Waals surface area contributed by atoms with Crippen LogP contribution in [-0.4, -0.2) is 18.5 Å². The molecular formula is C13H19ClN2O. The van der Waals surface area contributed by atoms with E-state index >= 15 is 0 Å². The average molecular weight is 255 g/mol. The molecule has 0 saturated heterocycles. The molecule has 0 bridgehead atoms. The van der Waals surface area contributed by atoms with E-state index in [1.807, 2.05) is 0 Å². The van der Waals surface area contributed by atoms with Gasteiger partial charge in [-0.3, -0.25) is 4.79 Å². The molecule has 0 aliphatic heterocycles. The summed E-state index contributed by atoms with van der Waals surface area (Å²) in [6.45, 7) is 6.63. The van der Waals surface area contributed by atoms with Gasteiger partial charge in [0.25, 0.3) is 0 Å². The SMILES string of the molecule is CC(C)C(C)NCC(=O)Nc1ccc(Cl)cc1. The van der Waals surface area contributed by atoms with Crippen molar-refractivity contribution in [2.24, 2.45) is 5.92 Å². The van der Waals surface area contributed by atoms with Crippen LogP contribution >= 0.6 is 11.6 Å². The van der Waals surface area contributed by atoms with Crippen molar-refractivity contribution >= 4 is 23.2 Å². The van der Waals surface area contributed by atoms with E-state index in [-0.39, 0.29) is 5.91 Å². The molecule has 1 unspecified atom stereocenters. The van der Waals surface area contributed by atoms with Gasteiger partial charge in [-0.15, -0.1) is 0 Å². The van der Waals surface area contributed by atoms with Crippen LogP contribution in [0.15, 0.2) is 24.3 Å². The molecule has 1 aromatic carbocycles. The van der Waals surface area contributed by atoms with E-state index in [0.29, 0.717) is 23.5 Å². The third-order valence-corrected chi connectivity index (χ3v) is 2.96. The van der Waals surface area contributed by atoms with Gasteiger partial charge in [-0.25, -0.2) is 0 Å². The number of hydrogen-bond acceptors (Lipinski definition) is 2. The standard InChI is InChI=1S/C13H19ClN2O/c1-9(2)10(3)15-8-13(17)16-12-6-4-11(14)5-7-12/h4-7,9-10,15H,8H2,1-3H3,(H,16,17). The summed E-state index contributed by atoms with van der Waals surface area (Å²) in [5.74, 6) is 0.471. The van der Waals surface area contributed by atoms with E-state index in [1.54, 1.807) is 24.3 Å². The van der Waals surface area contributed by atoms with Crippen molar-refractivity contribution in [2.45, 2.75) is 26.8 Å². The fourth-order valence-electron chi connectivity index (χ4n) is 1.23. The fraction of sp³-hybridized carbons (Fsp3) is 0.462. The normalized spacial score (nSPS) is 12.5. The van der Waals surface area contributed by atoms with Crippen molar-refractivity contribution in [3.8, 4) is 0 Å². The van der Waals surface area contributed by atoms with Crippen LogP contribution < -0.4 is 10.6 Å². The van der Waals surface area contributed by atoms with Gasteiger partial charge >= 0.3 is 0 Å². The first-order chi connectivity index (χ1) is 7.99. The minimum absolute atomic E-state index is 0.0418. The minimum atomic E-state index is -0.0418. The maximum Gasteiger partial charge on any atom is 0.238 e. The summed E-state index contributed by atoms with van der Waals surface area (Å²) in [5.41, 5.74) is 0.762. The molecule has 1 aromatic rings. The smallest absolute Gasteiger partial charge is 0.238 e. The largest absolute Gasteiger partial charge is 0.325 e. The molecule has 17 heavy (non-hydrogen) atoms. The lowest BCUT2D eigenvalue weighted by molar-refractivity contribution is -0.115. The number of halogens is 1. The Morgan fingerprint density at radius 3 is 2.35 bits per heavy atom. The second-order valence-corrected chi connectivity index (χ2v) is 4.91. The first-order valence-electron chi connectivity index (χ1n) is 5.78. The molecule has 1 atom stereocenters. The van der Waals surface area contributed by atoms with Gasteiger partial charge < -0.3 is 10.6 Å². The number of benzene rings is 1. The summed E-state index contributed by atoms with van der Waals surface area (Å²) in [7, 11) is 0. The van der Waals surface area contributed by atoms with Crippen molar-refractivity contribution in [1.82, 2.24) is 5.32 Å². The molecule has 3 nitrogen and oxygen atoms in total. The second kappa shape index (κ2) is 6.62. The van der Waals surface area contributed by atoms with Crippen molar-refractivity contribution in [1.29, 1.82) is 0 Å². The highest BCUT2D eigenvalue weighted by molar-refractivity contribution is 6.30. The summed E-state index contributed by atoms with van der Waals surface area (Å²) in [6, 6.07) is 7.40. The Labute approximate surface area is 108 Å². The van der Waals surface area contributed by atoms with Crippen LogP contribution in [0.5, 0.6) is 0 Å². The lowest BCUT2D eigenvalue weighted by Gasteiger charge is -2.17. The number of anilines is 1. The summed E-state index contributed by atoms with van der Waals surface area (Å²) in [6.07, 6.45) is 0. The topological polar surface area (TPSA) is 41.1 Å². The van der Waals surface area contributed by atoms with E-state index in [4.69, 9.17) is 11.6 Å². The van der Waals surface area contributed by atoms with Gasteiger partial charge in [-0.2, -0.15) is 0 Å². The van der Waals surface area contributed by atoms with Crippen LogP contribution in [0.3, 0.4) is 0 Å². The molecule has 1 rings (SSSR count). The Morgan fingerprint density at radius 2 is 1.82 bits per heavy atom. The highest BCUT2D eigenvalue weighted by Crippen LogP contribution is 2.13. The number of carbonyl (C=O) groups is 1. The molecular weight excluding hydrogens is 236 g/mol. The molecule has 0 radical (unpaired) electrons. The zero-order valence-corrected chi connectivity index (χ0v) is 11.2. The van der Waals surface area contributed by atoms with Crippen LogP contribution in [0.4, 0.5) is 5.69 Å². The number of carbonyl (C=O) groups excluding carboxylic acids is 1. The van der Waals surface area contributed by atoms with Crippen molar-refractivity contribution < 1.29 is 4.79 Å². The molecule has 94 valence electrons. The molecule has 0 fully saturated rings. The van der Waals surface area contributed by atoms with Crippen LogP contribution in [0.2, 0.25) is 5.02 Å². The van der Waals surface area contributed by atoms with E-state index < -0.39 is 0 Å². The predicted molar refractivity (Wildman–Crippen MR) is 72.4 cm³/mol. The molecule has 0 heterocycles. The van der Waals surface area contributed by atoms with Gasteiger partial charge in [0.1, 0.15) is 0 Å². The first kappa shape index (κ1) is 14.0. The maximum absolute atomic E-state index is 11.6. The molecule has 0 aromatic heterocycles. The summed E-state index contributed by atoms with van der Waals surface area (Å²) in [4.78, 5) is 11.6. The van der Waals surface area contributed by atoms with Gasteiger partial charge in [0, 0.05) is 16.8 Å². The number of rotatable bonds is 5.